The van der Waals surface area contributed by atoms with Crippen LogP contribution in [0.1, 0.15) is 57.5 Å². The maximum absolute atomic E-state index is 12.0. The van der Waals surface area contributed by atoms with Gasteiger partial charge in [-0.3, -0.25) is 5.32 Å². The summed E-state index contributed by atoms with van der Waals surface area (Å²) in [5.74, 6) is -2.31. The van der Waals surface area contributed by atoms with E-state index in [-0.39, 0.29) is 11.0 Å². The van der Waals surface area contributed by atoms with Crippen molar-refractivity contribution in [1.82, 2.24) is 0 Å². The molecule has 1 aliphatic heterocycles. The third-order valence-electron chi connectivity index (χ3n) is 3.86. The van der Waals surface area contributed by atoms with Crippen molar-refractivity contribution in [3.63, 3.8) is 0 Å². The van der Waals surface area contributed by atoms with Crippen LogP contribution in [0.5, 0.6) is 0 Å². The number of ether oxygens (including phenoxy) is 3. The van der Waals surface area contributed by atoms with Crippen molar-refractivity contribution in [1.29, 1.82) is 0 Å². The predicted octanol–water partition coefficient (Wildman–Crippen LogP) is 3.98. The van der Waals surface area contributed by atoms with Crippen LogP contribution < -0.4 is 5.32 Å². The van der Waals surface area contributed by atoms with E-state index in [1.807, 2.05) is 13.8 Å². The summed E-state index contributed by atoms with van der Waals surface area (Å²) in [6.45, 7) is 11.8. The van der Waals surface area contributed by atoms with Crippen LogP contribution in [0.25, 0.3) is 0 Å². The van der Waals surface area contributed by atoms with Crippen molar-refractivity contribution in [3.8, 4) is 0 Å². The number of hydrogen-bond donors (Lipinski definition) is 2. The van der Waals surface area contributed by atoms with Crippen LogP contribution in [-0.4, -0.2) is 36.0 Å². The van der Waals surface area contributed by atoms with Crippen LogP contribution in [0.2, 0.25) is 0 Å². The van der Waals surface area contributed by atoms with Gasteiger partial charge < -0.3 is 19.3 Å². The molecule has 1 aromatic carbocycles. The number of aromatic carboxylic acids is 1. The molecule has 1 saturated heterocycles. The number of benzene rings is 1. The smallest absolute Gasteiger partial charge is 0.412 e. The Labute approximate surface area is 153 Å². The SMILES string of the molecule is CC1(C)COC(C)(c2cc(NC(=O)OC(C)(C)C)ccc2C(=O)O)OC1. The molecule has 7 nitrogen and oxygen atoms in total. The van der Waals surface area contributed by atoms with Crippen LogP contribution in [0.4, 0.5) is 10.5 Å². The molecule has 0 radical (unpaired) electrons. The Hall–Kier alpha value is -2.12. The summed E-state index contributed by atoms with van der Waals surface area (Å²) in [7, 11) is 0. The summed E-state index contributed by atoms with van der Waals surface area (Å²) >= 11 is 0. The van der Waals surface area contributed by atoms with Gasteiger partial charge in [0.25, 0.3) is 0 Å². The van der Waals surface area contributed by atoms with Crippen LogP contribution in [0, 0.1) is 5.41 Å². The van der Waals surface area contributed by atoms with Gasteiger partial charge in [0.1, 0.15) is 5.60 Å². The molecule has 2 N–H and O–H groups in total. The zero-order valence-corrected chi connectivity index (χ0v) is 16.1. The maximum atomic E-state index is 12.0. The Balaban J connectivity index is 2.32. The van der Waals surface area contributed by atoms with Gasteiger partial charge in [-0.2, -0.15) is 0 Å². The molecular formula is C19H27NO6. The third-order valence-corrected chi connectivity index (χ3v) is 3.86. The third kappa shape index (κ3) is 4.95. The van der Waals surface area contributed by atoms with E-state index in [1.54, 1.807) is 33.8 Å². The molecule has 0 aliphatic carbocycles. The second kappa shape index (κ2) is 6.89. The lowest BCUT2D eigenvalue weighted by atomic mass is 9.92. The van der Waals surface area contributed by atoms with Gasteiger partial charge in [0.05, 0.1) is 18.8 Å². The topological polar surface area (TPSA) is 94.1 Å². The van der Waals surface area contributed by atoms with Gasteiger partial charge in [-0.05, 0) is 45.9 Å². The molecule has 0 aromatic heterocycles. The van der Waals surface area contributed by atoms with Crippen LogP contribution in [-0.2, 0) is 20.0 Å². The molecule has 1 amide bonds. The van der Waals surface area contributed by atoms with Gasteiger partial charge in [-0.15, -0.1) is 0 Å². The predicted molar refractivity (Wildman–Crippen MR) is 96.3 cm³/mol. The van der Waals surface area contributed by atoms with E-state index < -0.39 is 23.5 Å². The summed E-state index contributed by atoms with van der Waals surface area (Å²) in [6.07, 6.45) is -0.622. The molecule has 1 aliphatic rings. The fourth-order valence-corrected chi connectivity index (χ4v) is 2.51. The highest BCUT2D eigenvalue weighted by Crippen LogP contribution is 2.38. The first-order valence-electron chi connectivity index (χ1n) is 8.47. The highest BCUT2D eigenvalue weighted by Gasteiger charge is 2.40. The molecule has 1 heterocycles. The van der Waals surface area contributed by atoms with Gasteiger partial charge in [0.2, 0.25) is 0 Å². The average Bonchev–Trinajstić information content (AvgIpc) is 2.48. The highest BCUT2D eigenvalue weighted by atomic mass is 16.7. The molecule has 0 saturated carbocycles. The number of nitrogens with one attached hydrogen (secondary N) is 1. The number of carboxylic acid groups (broad SMARTS) is 1. The summed E-state index contributed by atoms with van der Waals surface area (Å²) in [6, 6.07) is 4.47. The minimum absolute atomic E-state index is 0.0574. The molecule has 2 rings (SSSR count). The number of carbonyl (C=O) groups is 2. The fraction of sp³-hybridized carbons (Fsp3) is 0.579. The van der Waals surface area contributed by atoms with Crippen molar-refractivity contribution in [2.75, 3.05) is 18.5 Å². The van der Waals surface area contributed by atoms with E-state index in [2.05, 4.69) is 5.32 Å². The molecule has 26 heavy (non-hydrogen) atoms. The van der Waals surface area contributed by atoms with Gasteiger partial charge in [-0.25, -0.2) is 9.59 Å². The van der Waals surface area contributed by atoms with E-state index in [0.29, 0.717) is 24.5 Å². The number of anilines is 1. The Morgan fingerprint density at radius 3 is 2.23 bits per heavy atom. The number of amides is 1. The first-order chi connectivity index (χ1) is 11.8. The molecule has 1 fully saturated rings. The Kier molecular flexibility index (Phi) is 5.35. The molecule has 1 aromatic rings. The standard InChI is InChI=1S/C19H27NO6/c1-17(2,3)26-16(23)20-12-7-8-13(15(21)22)14(9-12)19(6)24-10-18(4,5)11-25-19/h7-9H,10-11H2,1-6H3,(H,20,23)(H,21,22). The van der Waals surface area contributed by atoms with E-state index in [0.717, 1.165) is 0 Å². The van der Waals surface area contributed by atoms with Crippen LogP contribution in [0.3, 0.4) is 0 Å². The number of hydrogen-bond acceptors (Lipinski definition) is 5. The number of carbonyl (C=O) groups excluding carboxylic acids is 1. The molecule has 0 unspecified atom stereocenters. The molecule has 0 atom stereocenters. The molecule has 144 valence electrons. The average molecular weight is 365 g/mol. The van der Waals surface area contributed by atoms with Crippen molar-refractivity contribution in [2.24, 2.45) is 5.41 Å². The fourth-order valence-electron chi connectivity index (χ4n) is 2.51. The summed E-state index contributed by atoms with van der Waals surface area (Å²) in [4.78, 5) is 23.6. The molecular weight excluding hydrogens is 338 g/mol. The Bertz CT molecular complexity index is 694. The van der Waals surface area contributed by atoms with Gasteiger partial charge in [0, 0.05) is 16.7 Å². The normalized spacial score (nSPS) is 18.8. The molecule has 0 bridgehead atoms. The molecule has 0 spiro atoms. The zero-order valence-electron chi connectivity index (χ0n) is 16.1. The summed E-state index contributed by atoms with van der Waals surface area (Å²) in [5, 5.41) is 12.1. The van der Waals surface area contributed by atoms with E-state index in [9.17, 15) is 14.7 Å². The first-order valence-corrected chi connectivity index (χ1v) is 8.47. The zero-order chi connectivity index (χ0) is 19.8. The van der Waals surface area contributed by atoms with Crippen LogP contribution in [0.15, 0.2) is 18.2 Å². The van der Waals surface area contributed by atoms with Crippen molar-refractivity contribution in [2.45, 2.75) is 52.9 Å². The van der Waals surface area contributed by atoms with E-state index in [4.69, 9.17) is 14.2 Å². The number of carboxylic acids is 1. The second-order valence-corrected chi connectivity index (χ2v) is 8.38. The minimum Gasteiger partial charge on any atom is -0.478 e. The highest BCUT2D eigenvalue weighted by molar-refractivity contribution is 5.92. The molecule has 7 heteroatoms. The van der Waals surface area contributed by atoms with E-state index >= 15 is 0 Å². The van der Waals surface area contributed by atoms with Crippen LogP contribution >= 0.6 is 0 Å². The second-order valence-electron chi connectivity index (χ2n) is 8.38. The quantitative estimate of drug-likeness (QED) is 0.841. The largest absolute Gasteiger partial charge is 0.478 e. The van der Waals surface area contributed by atoms with Crippen molar-refractivity contribution < 1.29 is 28.9 Å². The Morgan fingerprint density at radius 2 is 1.73 bits per heavy atom. The van der Waals surface area contributed by atoms with Gasteiger partial charge in [-0.1, -0.05) is 13.8 Å². The first kappa shape index (κ1) is 20.2. The van der Waals surface area contributed by atoms with Crippen molar-refractivity contribution in [3.05, 3.63) is 29.3 Å². The van der Waals surface area contributed by atoms with E-state index in [1.165, 1.54) is 12.1 Å². The number of rotatable bonds is 3. The Morgan fingerprint density at radius 1 is 1.15 bits per heavy atom. The summed E-state index contributed by atoms with van der Waals surface area (Å²) in [5.41, 5.74) is 0.00425. The van der Waals surface area contributed by atoms with Crippen molar-refractivity contribution >= 4 is 17.7 Å². The lowest BCUT2D eigenvalue weighted by Gasteiger charge is -2.42. The van der Waals surface area contributed by atoms with Gasteiger partial charge in [0.15, 0.2) is 5.79 Å². The lowest BCUT2D eigenvalue weighted by Crippen LogP contribution is -2.44. The van der Waals surface area contributed by atoms with Gasteiger partial charge >= 0.3 is 12.1 Å². The minimum atomic E-state index is -1.21. The summed E-state index contributed by atoms with van der Waals surface area (Å²) < 4.78 is 17.0. The monoisotopic (exact) mass is 365 g/mol. The lowest BCUT2D eigenvalue weighted by molar-refractivity contribution is -0.298. The maximum Gasteiger partial charge on any atom is 0.412 e.